The Morgan fingerprint density at radius 3 is 2.60 bits per heavy atom. The number of thiophene rings is 1. The van der Waals surface area contributed by atoms with Crippen LogP contribution < -0.4 is 4.74 Å². The standard InChI is InChI=1S/C24H29NO4S/c1-5-6-7-12-25-21(19-9-8-13-30-19)20(23(27)24(25)28)22(26)16-10-11-18(29-4)17(14-16)15(2)3/h8-11,13-15,21,26H,5-7,12H2,1-4H3/b22-20-. The number of aliphatic hydroxyl groups excluding tert-OH is 1. The average Bonchev–Trinajstić information content (AvgIpc) is 3.35. The summed E-state index contributed by atoms with van der Waals surface area (Å²) in [7, 11) is 1.61. The van der Waals surface area contributed by atoms with Gasteiger partial charge in [0.1, 0.15) is 11.5 Å². The van der Waals surface area contributed by atoms with E-state index in [0.717, 1.165) is 35.5 Å². The summed E-state index contributed by atoms with van der Waals surface area (Å²) in [5.41, 5.74) is 1.62. The SMILES string of the molecule is CCCCCN1C(=O)C(=O)/C(=C(\O)c2ccc(OC)c(C(C)C)c2)C1c1cccs1. The molecule has 1 atom stereocenters. The van der Waals surface area contributed by atoms with Crippen molar-refractivity contribution in [3.8, 4) is 5.75 Å². The molecule has 1 aliphatic rings. The Morgan fingerprint density at radius 2 is 2.00 bits per heavy atom. The van der Waals surface area contributed by atoms with Crippen molar-refractivity contribution in [3.63, 3.8) is 0 Å². The van der Waals surface area contributed by atoms with Gasteiger partial charge >= 0.3 is 0 Å². The predicted molar refractivity (Wildman–Crippen MR) is 120 cm³/mol. The quantitative estimate of drug-likeness (QED) is 0.262. The summed E-state index contributed by atoms with van der Waals surface area (Å²) in [5.74, 6) is -0.379. The molecule has 0 aliphatic carbocycles. The van der Waals surface area contributed by atoms with Crippen LogP contribution in [0, 0.1) is 0 Å². The monoisotopic (exact) mass is 427 g/mol. The maximum Gasteiger partial charge on any atom is 0.295 e. The summed E-state index contributed by atoms with van der Waals surface area (Å²) in [6.45, 7) is 6.68. The predicted octanol–water partition coefficient (Wildman–Crippen LogP) is 5.49. The molecule has 160 valence electrons. The van der Waals surface area contributed by atoms with Crippen LogP contribution in [0.3, 0.4) is 0 Å². The number of Topliss-reactive ketones (excluding diaryl/α,β-unsaturated/α-hetero) is 1. The molecular formula is C24H29NO4S. The molecule has 1 aromatic heterocycles. The first-order chi connectivity index (χ1) is 14.4. The number of hydrogen-bond donors (Lipinski definition) is 1. The summed E-state index contributed by atoms with van der Waals surface area (Å²) in [6.07, 6.45) is 2.83. The molecule has 0 bridgehead atoms. The fraction of sp³-hybridized carbons (Fsp3) is 0.417. The van der Waals surface area contributed by atoms with Crippen LogP contribution in [-0.4, -0.2) is 35.4 Å². The molecule has 1 saturated heterocycles. The van der Waals surface area contributed by atoms with Gasteiger partial charge in [-0.25, -0.2) is 0 Å². The van der Waals surface area contributed by atoms with Crippen molar-refractivity contribution in [1.29, 1.82) is 0 Å². The van der Waals surface area contributed by atoms with Gasteiger partial charge in [-0.05, 0) is 47.5 Å². The lowest BCUT2D eigenvalue weighted by Crippen LogP contribution is -2.30. The van der Waals surface area contributed by atoms with Crippen LogP contribution in [0.2, 0.25) is 0 Å². The van der Waals surface area contributed by atoms with Crippen molar-refractivity contribution >= 4 is 28.8 Å². The molecule has 2 aromatic rings. The first-order valence-electron chi connectivity index (χ1n) is 10.4. The second-order valence-electron chi connectivity index (χ2n) is 7.83. The van der Waals surface area contributed by atoms with Crippen molar-refractivity contribution in [2.24, 2.45) is 0 Å². The van der Waals surface area contributed by atoms with Crippen molar-refractivity contribution in [1.82, 2.24) is 4.90 Å². The molecule has 0 radical (unpaired) electrons. The lowest BCUT2D eigenvalue weighted by molar-refractivity contribution is -0.139. The minimum absolute atomic E-state index is 0.130. The van der Waals surface area contributed by atoms with E-state index < -0.39 is 17.7 Å². The fourth-order valence-corrected chi connectivity index (χ4v) is 4.72. The lowest BCUT2D eigenvalue weighted by Gasteiger charge is -2.24. The summed E-state index contributed by atoms with van der Waals surface area (Å²) < 4.78 is 5.43. The van der Waals surface area contributed by atoms with Gasteiger partial charge in [0.2, 0.25) is 0 Å². The molecule has 6 heteroatoms. The molecule has 1 aromatic carbocycles. The third-order valence-corrected chi connectivity index (χ3v) is 6.41. The van der Waals surface area contributed by atoms with Gasteiger partial charge in [-0.3, -0.25) is 9.59 Å². The first-order valence-corrected chi connectivity index (χ1v) is 11.3. The first kappa shape index (κ1) is 22.1. The van der Waals surface area contributed by atoms with Gasteiger partial charge in [-0.15, -0.1) is 11.3 Å². The minimum atomic E-state index is -0.621. The minimum Gasteiger partial charge on any atom is -0.507 e. The van der Waals surface area contributed by atoms with Gasteiger partial charge in [0.05, 0.1) is 18.7 Å². The van der Waals surface area contributed by atoms with Crippen molar-refractivity contribution in [2.45, 2.75) is 52.0 Å². The topological polar surface area (TPSA) is 66.8 Å². The zero-order chi connectivity index (χ0) is 21.8. The van der Waals surface area contributed by atoms with E-state index in [9.17, 15) is 14.7 Å². The van der Waals surface area contributed by atoms with E-state index >= 15 is 0 Å². The third kappa shape index (κ3) is 4.15. The Hall–Kier alpha value is -2.60. The number of rotatable bonds is 8. The maximum absolute atomic E-state index is 13.0. The molecule has 1 amide bonds. The van der Waals surface area contributed by atoms with Gasteiger partial charge in [-0.2, -0.15) is 0 Å². The van der Waals surface area contributed by atoms with Crippen LogP contribution in [0.15, 0.2) is 41.3 Å². The molecule has 0 spiro atoms. The molecule has 5 nitrogen and oxygen atoms in total. The van der Waals surface area contributed by atoms with E-state index in [2.05, 4.69) is 6.92 Å². The normalized spacial score (nSPS) is 18.4. The Morgan fingerprint density at radius 1 is 1.23 bits per heavy atom. The van der Waals surface area contributed by atoms with Crippen molar-refractivity contribution in [2.75, 3.05) is 13.7 Å². The Labute approximate surface area is 182 Å². The molecular weight excluding hydrogens is 398 g/mol. The van der Waals surface area contributed by atoms with E-state index in [1.807, 2.05) is 37.4 Å². The largest absolute Gasteiger partial charge is 0.507 e. The molecule has 1 N–H and O–H groups in total. The van der Waals surface area contributed by atoms with Crippen molar-refractivity contribution < 1.29 is 19.4 Å². The van der Waals surface area contributed by atoms with Crippen LogP contribution in [-0.2, 0) is 9.59 Å². The Balaban J connectivity index is 2.11. The highest BCUT2D eigenvalue weighted by atomic mass is 32.1. The van der Waals surface area contributed by atoms with E-state index in [0.29, 0.717) is 12.1 Å². The fourth-order valence-electron chi connectivity index (χ4n) is 3.87. The number of ether oxygens (including phenoxy) is 1. The number of methoxy groups -OCH3 is 1. The van der Waals surface area contributed by atoms with E-state index in [1.54, 1.807) is 24.1 Å². The Bertz CT molecular complexity index is 946. The molecule has 1 fully saturated rings. The smallest absolute Gasteiger partial charge is 0.295 e. The van der Waals surface area contributed by atoms with Crippen LogP contribution in [0.5, 0.6) is 5.75 Å². The number of likely N-dealkylation sites (tertiary alicyclic amines) is 1. The second-order valence-corrected chi connectivity index (χ2v) is 8.81. The number of aliphatic hydroxyl groups is 1. The zero-order valence-corrected chi connectivity index (χ0v) is 18.8. The Kier molecular flexibility index (Phi) is 6.98. The summed E-state index contributed by atoms with van der Waals surface area (Å²) in [5, 5.41) is 13.1. The summed E-state index contributed by atoms with van der Waals surface area (Å²) in [4.78, 5) is 28.3. The number of carbonyl (C=O) groups is 2. The zero-order valence-electron chi connectivity index (χ0n) is 18.0. The molecule has 1 aliphatic heterocycles. The lowest BCUT2D eigenvalue weighted by atomic mass is 9.95. The highest BCUT2D eigenvalue weighted by molar-refractivity contribution is 7.10. The van der Waals surface area contributed by atoms with Crippen molar-refractivity contribution in [3.05, 3.63) is 57.3 Å². The number of nitrogens with zero attached hydrogens (tertiary/aromatic N) is 1. The van der Waals surface area contributed by atoms with Gasteiger partial charge in [0.25, 0.3) is 11.7 Å². The third-order valence-electron chi connectivity index (χ3n) is 5.48. The van der Waals surface area contributed by atoms with E-state index in [-0.39, 0.29) is 17.3 Å². The van der Waals surface area contributed by atoms with Crippen LogP contribution >= 0.6 is 11.3 Å². The number of hydrogen-bond acceptors (Lipinski definition) is 5. The summed E-state index contributed by atoms with van der Waals surface area (Å²) in [6, 6.07) is 8.63. The maximum atomic E-state index is 13.0. The van der Waals surface area contributed by atoms with Gasteiger partial charge < -0.3 is 14.7 Å². The summed E-state index contributed by atoms with van der Waals surface area (Å²) >= 11 is 1.49. The van der Waals surface area contributed by atoms with Crippen LogP contribution in [0.25, 0.3) is 5.76 Å². The number of ketones is 1. The number of unbranched alkanes of at least 4 members (excludes halogenated alkanes) is 2. The average molecular weight is 428 g/mol. The molecule has 30 heavy (non-hydrogen) atoms. The number of carbonyl (C=O) groups excluding carboxylic acids is 2. The highest BCUT2D eigenvalue weighted by Gasteiger charge is 2.46. The van der Waals surface area contributed by atoms with Gasteiger partial charge in [0, 0.05) is 17.0 Å². The van der Waals surface area contributed by atoms with Crippen LogP contribution in [0.1, 0.15) is 68.0 Å². The van der Waals surface area contributed by atoms with E-state index in [1.165, 1.54) is 11.3 Å². The number of amides is 1. The molecule has 0 saturated carbocycles. The molecule has 2 heterocycles. The molecule has 1 unspecified atom stereocenters. The second kappa shape index (κ2) is 9.47. The van der Waals surface area contributed by atoms with E-state index in [4.69, 9.17) is 4.74 Å². The highest BCUT2D eigenvalue weighted by Crippen LogP contribution is 2.42. The number of benzene rings is 1. The van der Waals surface area contributed by atoms with Crippen LogP contribution in [0.4, 0.5) is 0 Å². The molecule has 3 rings (SSSR count). The van der Waals surface area contributed by atoms with Gasteiger partial charge in [-0.1, -0.05) is 39.7 Å². The van der Waals surface area contributed by atoms with Gasteiger partial charge in [0.15, 0.2) is 0 Å².